The number of para-hydroxylation sites is 1. The normalized spacial score (nSPS) is 14.0. The van der Waals surface area contributed by atoms with Gasteiger partial charge in [-0.05, 0) is 111 Å². The van der Waals surface area contributed by atoms with E-state index in [0.29, 0.717) is 18.5 Å². The Hall–Kier alpha value is -6.59. The lowest BCUT2D eigenvalue weighted by atomic mass is 9.78. The van der Waals surface area contributed by atoms with E-state index in [0.717, 1.165) is 45.0 Å². The molecule has 0 fully saturated rings. The summed E-state index contributed by atoms with van der Waals surface area (Å²) in [7, 11) is 0. The van der Waals surface area contributed by atoms with Crippen LogP contribution in [0.25, 0.3) is 38.8 Å². The summed E-state index contributed by atoms with van der Waals surface area (Å²) >= 11 is 0. The Morgan fingerprint density at radius 2 is 1.06 bits per heavy atom. The van der Waals surface area contributed by atoms with Crippen molar-refractivity contribution in [3.8, 4) is 28.4 Å². The number of ether oxygens (including phenoxy) is 1. The molecule has 0 radical (unpaired) electrons. The van der Waals surface area contributed by atoms with Crippen LogP contribution in [0.5, 0.6) is 11.5 Å². The van der Waals surface area contributed by atoms with Gasteiger partial charge in [0.05, 0.1) is 17.7 Å². The van der Waals surface area contributed by atoms with E-state index in [1.807, 2.05) is 6.20 Å². The average molecular weight is 927 g/mol. The second-order valence-electron chi connectivity index (χ2n) is 23.9. The van der Waals surface area contributed by atoms with E-state index in [1.54, 1.807) is 0 Å². The van der Waals surface area contributed by atoms with Crippen molar-refractivity contribution in [3.63, 3.8) is 0 Å². The van der Waals surface area contributed by atoms with Gasteiger partial charge in [-0.2, -0.15) is 0 Å². The molecule has 5 heteroatoms. The Bertz CT molecular complexity index is 3210. The minimum Gasteiger partial charge on any atom is -0.457 e. The van der Waals surface area contributed by atoms with E-state index in [1.165, 1.54) is 55.8 Å². The predicted octanol–water partition coefficient (Wildman–Crippen LogP) is 18.1. The van der Waals surface area contributed by atoms with E-state index >= 15 is 0 Å². The highest BCUT2D eigenvalue weighted by atomic mass is 16.5. The minimum atomic E-state index is -0.195. The summed E-state index contributed by atoms with van der Waals surface area (Å²) in [4.78, 5) is 10.1. The fourth-order valence-electron chi connectivity index (χ4n) is 10.8. The molecule has 3 heterocycles. The zero-order valence-corrected chi connectivity index (χ0v) is 44.5. The summed E-state index contributed by atoms with van der Waals surface area (Å²) in [6, 6.07) is 53.6. The van der Waals surface area contributed by atoms with Crippen molar-refractivity contribution in [3.05, 3.63) is 191 Å². The first kappa shape index (κ1) is 48.4. The highest BCUT2D eigenvalue weighted by Crippen LogP contribution is 2.50. The molecular weight excluding hydrogens is 853 g/mol. The van der Waals surface area contributed by atoms with Gasteiger partial charge >= 0.3 is 0 Å². The minimum absolute atomic E-state index is 0.0243. The number of allylic oxidation sites excluding steroid dienone is 2. The van der Waals surface area contributed by atoms with Crippen LogP contribution in [0.2, 0.25) is 0 Å². The molecule has 8 aromatic rings. The lowest BCUT2D eigenvalue weighted by Crippen LogP contribution is -2.31. The number of hydrogen-bond acceptors (Lipinski definition) is 4. The van der Waals surface area contributed by atoms with Crippen LogP contribution in [0.1, 0.15) is 144 Å². The molecule has 6 aromatic carbocycles. The van der Waals surface area contributed by atoms with Crippen molar-refractivity contribution in [1.82, 2.24) is 9.55 Å². The maximum atomic E-state index is 7.23. The Morgan fingerprint density at radius 1 is 0.471 bits per heavy atom. The molecule has 0 amide bonds. The van der Waals surface area contributed by atoms with Gasteiger partial charge in [0, 0.05) is 68.1 Å². The predicted molar refractivity (Wildman–Crippen MR) is 298 cm³/mol. The lowest BCUT2D eigenvalue weighted by Gasteiger charge is -2.34. The first-order valence-corrected chi connectivity index (χ1v) is 25.4. The van der Waals surface area contributed by atoms with Gasteiger partial charge in [0.2, 0.25) is 0 Å². The summed E-state index contributed by atoms with van der Waals surface area (Å²) in [5, 5.41) is 2.35. The van der Waals surface area contributed by atoms with Gasteiger partial charge in [-0.3, -0.25) is 4.57 Å². The lowest BCUT2D eigenvalue weighted by molar-refractivity contribution is 0.444. The Labute approximate surface area is 418 Å². The highest BCUT2D eigenvalue weighted by Gasteiger charge is 2.42. The second-order valence-corrected chi connectivity index (χ2v) is 23.9. The van der Waals surface area contributed by atoms with Crippen LogP contribution in [0.15, 0.2) is 163 Å². The molecule has 0 saturated carbocycles. The fourth-order valence-corrected chi connectivity index (χ4v) is 10.8. The number of nitrogens with zero attached hydrogens (tertiary/aromatic N) is 4. The van der Waals surface area contributed by atoms with Gasteiger partial charge in [-0.1, -0.05) is 183 Å². The van der Waals surface area contributed by atoms with Crippen LogP contribution in [-0.4, -0.2) is 16.2 Å². The molecule has 1 aliphatic rings. The average Bonchev–Trinajstić information content (AvgIpc) is 3.89. The molecule has 9 rings (SSSR count). The maximum Gasteiger partial charge on any atom is 0.137 e. The van der Waals surface area contributed by atoms with Crippen molar-refractivity contribution in [2.75, 3.05) is 16.5 Å². The number of fused-ring (bicyclic) bond motifs is 3. The SMILES string of the molecule is CC(C)c1cccc(C(C)C)c1-c1cc(Oc2ccc3c4ccccc4n(-c4cc(C(C)(C)C)ccn4)c3c2)cc(N2CN(c3ccc(C(C)(C)c4ccccc4)cc3)C(C(C)(C)C)=C2C(C)(C)C)c1. The van der Waals surface area contributed by atoms with Gasteiger partial charge < -0.3 is 14.5 Å². The molecule has 0 saturated heterocycles. The molecule has 0 atom stereocenters. The summed E-state index contributed by atoms with van der Waals surface area (Å²) < 4.78 is 9.53. The highest BCUT2D eigenvalue weighted by molar-refractivity contribution is 6.09. The van der Waals surface area contributed by atoms with Crippen LogP contribution in [0.4, 0.5) is 11.4 Å². The first-order valence-electron chi connectivity index (χ1n) is 25.4. The summed E-state index contributed by atoms with van der Waals surface area (Å²) in [6.45, 7) is 35.5. The molecule has 5 nitrogen and oxygen atoms in total. The van der Waals surface area contributed by atoms with Crippen molar-refractivity contribution in [1.29, 1.82) is 0 Å². The van der Waals surface area contributed by atoms with Gasteiger partial charge in [-0.25, -0.2) is 4.98 Å². The van der Waals surface area contributed by atoms with Gasteiger partial charge in [0.25, 0.3) is 0 Å². The quantitative estimate of drug-likeness (QED) is 0.137. The second kappa shape index (κ2) is 18.0. The van der Waals surface area contributed by atoms with E-state index in [4.69, 9.17) is 9.72 Å². The molecule has 1 aliphatic heterocycles. The Balaban J connectivity index is 1.22. The summed E-state index contributed by atoms with van der Waals surface area (Å²) in [5.74, 6) is 3.12. The van der Waals surface area contributed by atoms with E-state index in [-0.39, 0.29) is 21.7 Å². The topological polar surface area (TPSA) is 33.5 Å². The smallest absolute Gasteiger partial charge is 0.137 e. The Morgan fingerprint density at radius 3 is 1.67 bits per heavy atom. The van der Waals surface area contributed by atoms with Crippen LogP contribution in [0, 0.1) is 10.8 Å². The number of pyridine rings is 1. The maximum absolute atomic E-state index is 7.23. The molecule has 0 unspecified atom stereocenters. The van der Waals surface area contributed by atoms with Gasteiger partial charge in [0.1, 0.15) is 17.3 Å². The third-order valence-electron chi connectivity index (χ3n) is 14.5. The monoisotopic (exact) mass is 927 g/mol. The molecular formula is C65H74N4O. The van der Waals surface area contributed by atoms with Crippen molar-refractivity contribution >= 4 is 33.2 Å². The third-order valence-corrected chi connectivity index (χ3v) is 14.5. The number of hydrogen-bond donors (Lipinski definition) is 0. The van der Waals surface area contributed by atoms with Crippen LogP contribution >= 0.6 is 0 Å². The van der Waals surface area contributed by atoms with Crippen LogP contribution in [0.3, 0.4) is 0 Å². The van der Waals surface area contributed by atoms with Crippen LogP contribution < -0.4 is 14.5 Å². The largest absolute Gasteiger partial charge is 0.457 e. The molecule has 360 valence electrons. The molecule has 0 bridgehead atoms. The van der Waals surface area contributed by atoms with E-state index in [2.05, 4.69) is 264 Å². The number of aromatic nitrogens is 2. The number of anilines is 2. The third kappa shape index (κ3) is 9.04. The molecule has 0 N–H and O–H groups in total. The summed E-state index contributed by atoms with van der Waals surface area (Å²) in [5.41, 5.74) is 15.6. The van der Waals surface area contributed by atoms with Crippen molar-refractivity contribution in [2.45, 2.75) is 127 Å². The molecule has 2 aromatic heterocycles. The number of rotatable bonds is 10. The zero-order valence-electron chi connectivity index (χ0n) is 44.5. The fraction of sp³-hybridized carbons (Fsp3) is 0.338. The zero-order chi connectivity index (χ0) is 50.1. The molecule has 0 aliphatic carbocycles. The van der Waals surface area contributed by atoms with Crippen molar-refractivity contribution in [2.24, 2.45) is 10.8 Å². The first-order chi connectivity index (χ1) is 33.0. The number of benzene rings is 6. The van der Waals surface area contributed by atoms with Gasteiger partial charge in [-0.15, -0.1) is 0 Å². The van der Waals surface area contributed by atoms with E-state index < -0.39 is 0 Å². The van der Waals surface area contributed by atoms with E-state index in [9.17, 15) is 0 Å². The van der Waals surface area contributed by atoms with Crippen LogP contribution in [-0.2, 0) is 10.8 Å². The van der Waals surface area contributed by atoms with Crippen molar-refractivity contribution < 1.29 is 4.74 Å². The summed E-state index contributed by atoms with van der Waals surface area (Å²) in [6.07, 6.45) is 1.94. The Kier molecular flexibility index (Phi) is 12.4. The van der Waals surface area contributed by atoms with Gasteiger partial charge in [0.15, 0.2) is 0 Å². The standard InChI is InChI=1S/C65H74N4O/c1-42(2)52-25-21-26-53(43(3)4)59(52)44-36-49(68-41-67(60(63(8,9)10)61(68)64(11,12)13)48-30-28-46(29-31-48)65(14,15)45-22-17-16-18-23-45)39-51(37-44)70-50-32-33-55-54-24-19-20-27-56(54)69(57(55)40-50)58-38-47(34-35-66-58)62(5,6)7/h16-40,42-43H,41H2,1-15H3. The molecule has 70 heavy (non-hydrogen) atoms. The molecule has 0 spiro atoms.